The summed E-state index contributed by atoms with van der Waals surface area (Å²) in [6, 6.07) is 17.8. The standard InChI is InChI=1S/C43H43F3N10O2.W/c1-5-14-48-41(57)30-23-49-42(54-40(30)53-37-9-7-8-36(52-37)43(3,4)58)50-27-10-12-28(13-11-27)56-17-15-55(16-18-56)24-31-32(45)19-25(20-33(31)46)39-29(6-2)38-34(47)21-26(44)22-35(38)51-39;/h5,7-13,19-23,47,51,58H,1-2,6,14-18,24H2,3-4H3,(H3,48,49,50,52,53,54,57);/q-2;+2. The first-order valence-corrected chi connectivity index (χ1v) is 18.7. The molecule has 0 spiro atoms. The topological polar surface area (TPSA) is 158 Å². The Morgan fingerprint density at radius 1 is 1.00 bits per heavy atom. The van der Waals surface area contributed by atoms with E-state index in [0.29, 0.717) is 65.5 Å². The molecule has 59 heavy (non-hydrogen) atoms. The summed E-state index contributed by atoms with van der Waals surface area (Å²) in [4.78, 5) is 33.6. The van der Waals surface area contributed by atoms with E-state index in [1.54, 1.807) is 38.1 Å². The molecule has 304 valence electrons. The fraction of sp³-hybridized carbons (Fsp3) is 0.233. The molecule has 0 bridgehead atoms. The zero-order valence-electron chi connectivity index (χ0n) is 32.5. The summed E-state index contributed by atoms with van der Waals surface area (Å²) in [5.74, 6) is -1.51. The predicted octanol–water partition coefficient (Wildman–Crippen LogP) is 8.45. The summed E-state index contributed by atoms with van der Waals surface area (Å²) in [7, 11) is 0. The minimum atomic E-state index is -1.18. The summed E-state index contributed by atoms with van der Waals surface area (Å²) < 4.78 is 45.1. The smallest absolute Gasteiger partial charge is 0.698 e. The van der Waals surface area contributed by atoms with Crippen LogP contribution in [0.2, 0.25) is 0 Å². The van der Waals surface area contributed by atoms with E-state index < -0.39 is 29.0 Å². The largest absolute Gasteiger partial charge is 2.00 e. The third-order valence-corrected chi connectivity index (χ3v) is 9.95. The first kappa shape index (κ1) is 42.8. The van der Waals surface area contributed by atoms with Crippen molar-refractivity contribution in [3.05, 3.63) is 138 Å². The normalized spacial score (nSPS) is 13.2. The number of benzene rings is 3. The van der Waals surface area contributed by atoms with Crippen LogP contribution < -0.4 is 20.9 Å². The number of aromatic amines is 1. The average Bonchev–Trinajstić information content (AvgIpc) is 3.58. The first-order chi connectivity index (χ1) is 27.8. The van der Waals surface area contributed by atoms with E-state index in [1.165, 1.54) is 24.4 Å². The van der Waals surface area contributed by atoms with Crippen molar-refractivity contribution < 1.29 is 44.1 Å². The fourth-order valence-corrected chi connectivity index (χ4v) is 6.96. The van der Waals surface area contributed by atoms with Gasteiger partial charge in [-0.1, -0.05) is 12.1 Å². The number of anilines is 5. The summed E-state index contributed by atoms with van der Waals surface area (Å²) >= 11 is 0. The summed E-state index contributed by atoms with van der Waals surface area (Å²) in [6.07, 6.45) is 3.23. The Hall–Kier alpha value is -5.76. The van der Waals surface area contributed by atoms with E-state index >= 15 is 8.78 Å². The molecule has 1 amide bonds. The molecule has 1 aliphatic rings. The first-order valence-electron chi connectivity index (χ1n) is 18.7. The number of nitrogens with one attached hydrogen (secondary N) is 5. The maximum Gasteiger partial charge on any atom is 2.00 e. The van der Waals surface area contributed by atoms with E-state index in [-0.39, 0.29) is 74.7 Å². The maximum atomic E-state index is 15.5. The Morgan fingerprint density at radius 3 is 2.37 bits per heavy atom. The third-order valence-electron chi connectivity index (χ3n) is 9.95. The van der Waals surface area contributed by atoms with Gasteiger partial charge in [-0.2, -0.15) is 11.4 Å². The molecular weight excluding hydrogens is 929 g/mol. The monoisotopic (exact) mass is 972 g/mol. The molecule has 3 aromatic carbocycles. The van der Waals surface area contributed by atoms with Gasteiger partial charge in [-0.15, -0.1) is 12.3 Å². The van der Waals surface area contributed by atoms with Crippen LogP contribution in [0.4, 0.5) is 47.8 Å². The Kier molecular flexibility index (Phi) is 13.1. The van der Waals surface area contributed by atoms with E-state index in [1.807, 2.05) is 29.2 Å². The van der Waals surface area contributed by atoms with Gasteiger partial charge in [-0.05, 0) is 85.5 Å². The van der Waals surface area contributed by atoms with Gasteiger partial charge in [-0.3, -0.25) is 9.69 Å². The molecule has 16 heteroatoms. The number of halogens is 3. The number of hydrogen-bond donors (Lipinski definition) is 5. The Morgan fingerprint density at radius 2 is 1.71 bits per heavy atom. The molecule has 1 aliphatic heterocycles. The van der Waals surface area contributed by atoms with Crippen LogP contribution in [0.15, 0.2) is 85.6 Å². The SMILES string of the molecule is C=CCNC(=O)c1cnc(Nc2ccc(N3CCN(Cc4c(F)cc(-c5[nH]c6cc(F)cc([NH-])c6c5C[CH2-])cc4F)CC3)cc2)nc1Nc1cccc(C(C)(C)O)n1.[W+2]. The van der Waals surface area contributed by atoms with Crippen LogP contribution in [0.25, 0.3) is 27.9 Å². The second-order valence-corrected chi connectivity index (χ2v) is 14.5. The van der Waals surface area contributed by atoms with E-state index in [2.05, 4.69) is 54.3 Å². The maximum absolute atomic E-state index is 15.5. The van der Waals surface area contributed by atoms with Crippen molar-refractivity contribution in [1.29, 1.82) is 0 Å². The number of rotatable bonds is 13. The molecule has 3 aromatic heterocycles. The minimum Gasteiger partial charge on any atom is -0.698 e. The van der Waals surface area contributed by atoms with Gasteiger partial charge in [0.25, 0.3) is 5.91 Å². The number of nitrogens with zero attached hydrogens (tertiary/aromatic N) is 5. The molecule has 7 rings (SSSR count). The molecule has 1 fully saturated rings. The van der Waals surface area contributed by atoms with Gasteiger partial charge in [0.15, 0.2) is 0 Å². The molecule has 0 unspecified atom stereocenters. The number of amides is 1. The molecule has 0 aliphatic carbocycles. The van der Waals surface area contributed by atoms with E-state index in [9.17, 15) is 14.3 Å². The van der Waals surface area contributed by atoms with Crippen LogP contribution in [0, 0.1) is 24.4 Å². The fourth-order valence-electron chi connectivity index (χ4n) is 6.96. The molecule has 1 saturated heterocycles. The van der Waals surface area contributed by atoms with Gasteiger partial charge in [0.1, 0.15) is 40.3 Å². The summed E-state index contributed by atoms with van der Waals surface area (Å²) in [5.41, 5.74) is 11.0. The Bertz CT molecular complexity index is 2460. The van der Waals surface area contributed by atoms with Crippen molar-refractivity contribution in [3.63, 3.8) is 0 Å². The number of hydrogen-bond acceptors (Lipinski definition) is 9. The number of aromatic nitrogens is 4. The quantitative estimate of drug-likeness (QED) is 0.0566. The summed E-state index contributed by atoms with van der Waals surface area (Å²) in [5, 5.41) is 20.0. The number of H-pyrrole nitrogens is 1. The minimum absolute atomic E-state index is 0. The Balaban J connectivity index is 0.00000585. The molecule has 0 radical (unpaired) electrons. The molecular formula is C43H43F3N10O2W. The predicted molar refractivity (Wildman–Crippen MR) is 221 cm³/mol. The van der Waals surface area contributed by atoms with E-state index in [4.69, 9.17) is 5.73 Å². The zero-order chi connectivity index (χ0) is 41.1. The van der Waals surface area contributed by atoms with Crippen LogP contribution >= 0.6 is 0 Å². The average molecular weight is 973 g/mol. The van der Waals surface area contributed by atoms with Crippen molar-refractivity contribution in [2.75, 3.05) is 48.3 Å². The van der Waals surface area contributed by atoms with E-state index in [0.717, 1.165) is 11.8 Å². The van der Waals surface area contributed by atoms with Crippen molar-refractivity contribution in [3.8, 4) is 11.3 Å². The number of aliphatic hydroxyl groups is 1. The molecule has 0 saturated carbocycles. The van der Waals surface area contributed by atoms with Crippen molar-refractivity contribution in [1.82, 2.24) is 30.2 Å². The van der Waals surface area contributed by atoms with Gasteiger partial charge in [0, 0.05) is 79.2 Å². The second-order valence-electron chi connectivity index (χ2n) is 14.5. The molecule has 6 N–H and O–H groups in total. The molecule has 12 nitrogen and oxygen atoms in total. The van der Waals surface area contributed by atoms with Gasteiger partial charge >= 0.3 is 21.1 Å². The molecule has 0 atom stereocenters. The van der Waals surface area contributed by atoms with Crippen LogP contribution in [0.1, 0.15) is 41.0 Å². The van der Waals surface area contributed by atoms with Crippen LogP contribution in [-0.4, -0.2) is 68.6 Å². The van der Waals surface area contributed by atoms with Crippen molar-refractivity contribution in [2.45, 2.75) is 32.4 Å². The second kappa shape index (κ2) is 18.0. The van der Waals surface area contributed by atoms with Crippen molar-refractivity contribution >= 4 is 51.5 Å². The number of fused-ring (bicyclic) bond motifs is 1. The number of piperazine rings is 1. The van der Waals surface area contributed by atoms with Crippen LogP contribution in [0.5, 0.6) is 0 Å². The van der Waals surface area contributed by atoms with Crippen LogP contribution in [0.3, 0.4) is 0 Å². The number of carbonyl (C=O) groups excluding carboxylic acids is 1. The molecule has 4 heterocycles. The Labute approximate surface area is 354 Å². The van der Waals surface area contributed by atoms with Gasteiger partial charge in [0.2, 0.25) is 5.95 Å². The number of carbonyl (C=O) groups is 1. The van der Waals surface area contributed by atoms with Gasteiger partial charge in [0.05, 0.1) is 5.69 Å². The van der Waals surface area contributed by atoms with Crippen molar-refractivity contribution in [2.24, 2.45) is 0 Å². The third kappa shape index (κ3) is 9.59. The molecule has 6 aromatic rings. The van der Waals surface area contributed by atoms with Gasteiger partial charge < -0.3 is 43.6 Å². The zero-order valence-corrected chi connectivity index (χ0v) is 35.4. The van der Waals surface area contributed by atoms with Crippen LogP contribution in [-0.2, 0) is 39.6 Å². The number of pyridine rings is 1. The summed E-state index contributed by atoms with van der Waals surface area (Å²) in [6.45, 7) is 13.6. The van der Waals surface area contributed by atoms with Gasteiger partial charge in [-0.25, -0.2) is 23.1 Å².